The number of ether oxygens (including phenoxy) is 2. The van der Waals surface area contributed by atoms with Crippen LogP contribution < -0.4 is 5.32 Å². The van der Waals surface area contributed by atoms with Crippen molar-refractivity contribution < 1.29 is 37.0 Å². The second kappa shape index (κ2) is 14.3. The van der Waals surface area contributed by atoms with Crippen LogP contribution in [0.2, 0.25) is 0 Å². The number of halogens is 3. The zero-order valence-corrected chi connectivity index (χ0v) is 26.3. The summed E-state index contributed by atoms with van der Waals surface area (Å²) < 4.78 is 51.1. The number of nitrogens with zero attached hydrogens (tertiary/aromatic N) is 1. The minimum absolute atomic E-state index is 0.0341. The molecule has 0 aliphatic carbocycles. The molecular formula is C33H47F3N2O5. The first-order valence-electron chi connectivity index (χ1n) is 15.4. The summed E-state index contributed by atoms with van der Waals surface area (Å²) in [7, 11) is 1.31. The Labute approximate surface area is 253 Å². The van der Waals surface area contributed by atoms with Crippen molar-refractivity contribution in [1.29, 1.82) is 0 Å². The number of hydrogen-bond acceptors (Lipinski definition) is 5. The van der Waals surface area contributed by atoms with Crippen molar-refractivity contribution in [2.75, 3.05) is 13.7 Å². The normalized spacial score (nSPS) is 24.3. The number of rotatable bonds is 12. The van der Waals surface area contributed by atoms with Gasteiger partial charge in [0.25, 0.3) is 0 Å². The van der Waals surface area contributed by atoms with Crippen LogP contribution in [0, 0.1) is 16.7 Å². The predicted octanol–water partition coefficient (Wildman–Crippen LogP) is 6.80. The van der Waals surface area contributed by atoms with Crippen molar-refractivity contribution >= 4 is 17.8 Å². The number of esters is 1. The number of carbonyl (C=O) groups excluding carboxylic acids is 3. The molecule has 2 amide bonds. The highest BCUT2D eigenvalue weighted by atomic mass is 19.4. The standard InChI is InChI=1S/C33H47F3N2O5/c1-7-8-9-10-11-12-16-38-26-19-27(31(3,4)5)43-22(2)32(26,30(41)42-6)20-24(29(38)40)18-28(39)37-21-23-14-13-15-25(17-23)33(34,35)36/h13-15,17,19,22,24,27H,7-12,16,18,20-21H2,1-6H3,(H,37,39)/t22-,24+,27-,32+/m1/s1. The molecule has 1 fully saturated rings. The second-order valence-corrected chi connectivity index (χ2v) is 12.9. The zero-order chi connectivity index (χ0) is 32.0. The Hall–Kier alpha value is -2.88. The van der Waals surface area contributed by atoms with Crippen molar-refractivity contribution in [3.05, 3.63) is 47.2 Å². The number of piperidine rings is 1. The Balaban J connectivity index is 1.87. The van der Waals surface area contributed by atoms with Crippen LogP contribution in [-0.4, -0.2) is 48.5 Å². The molecule has 3 rings (SSSR count). The summed E-state index contributed by atoms with van der Waals surface area (Å²) in [4.78, 5) is 42.3. The van der Waals surface area contributed by atoms with E-state index < -0.39 is 41.1 Å². The Morgan fingerprint density at radius 2 is 1.79 bits per heavy atom. The number of methoxy groups -OCH3 is 1. The minimum Gasteiger partial charge on any atom is -0.468 e. The van der Waals surface area contributed by atoms with E-state index in [1.165, 1.54) is 19.2 Å². The van der Waals surface area contributed by atoms with Crippen molar-refractivity contribution in [3.63, 3.8) is 0 Å². The number of amides is 2. The summed E-state index contributed by atoms with van der Waals surface area (Å²) in [6.45, 7) is 10.4. The van der Waals surface area contributed by atoms with E-state index in [9.17, 15) is 27.6 Å². The maximum atomic E-state index is 14.0. The maximum Gasteiger partial charge on any atom is 0.416 e. The molecule has 0 radical (unpaired) electrons. The lowest BCUT2D eigenvalue weighted by atomic mass is 9.65. The molecule has 1 saturated heterocycles. The van der Waals surface area contributed by atoms with Crippen LogP contribution in [0.15, 0.2) is 36.0 Å². The Bertz CT molecular complexity index is 1180. The molecule has 4 atom stereocenters. The third kappa shape index (κ3) is 8.19. The minimum atomic E-state index is -4.49. The van der Waals surface area contributed by atoms with E-state index in [1.807, 2.05) is 33.8 Å². The number of likely N-dealkylation sites (tertiary alicyclic amines) is 1. The molecule has 0 aromatic heterocycles. The van der Waals surface area contributed by atoms with Gasteiger partial charge in [0.05, 0.1) is 24.9 Å². The van der Waals surface area contributed by atoms with Crippen molar-refractivity contribution in [2.45, 2.75) is 111 Å². The van der Waals surface area contributed by atoms with Gasteiger partial charge < -0.3 is 19.7 Å². The van der Waals surface area contributed by atoms with Gasteiger partial charge in [-0.05, 0) is 49.0 Å². The van der Waals surface area contributed by atoms with Crippen molar-refractivity contribution in [3.8, 4) is 0 Å². The molecule has 240 valence electrons. The van der Waals surface area contributed by atoms with Crippen molar-refractivity contribution in [1.82, 2.24) is 10.2 Å². The van der Waals surface area contributed by atoms with E-state index in [0.29, 0.717) is 17.8 Å². The zero-order valence-electron chi connectivity index (χ0n) is 26.3. The van der Waals surface area contributed by atoms with E-state index >= 15 is 0 Å². The van der Waals surface area contributed by atoms with Gasteiger partial charge in [-0.3, -0.25) is 14.4 Å². The number of carbonyl (C=O) groups is 3. The summed E-state index contributed by atoms with van der Waals surface area (Å²) in [6.07, 6.45) is 2.35. The van der Waals surface area contributed by atoms with Gasteiger partial charge >= 0.3 is 12.1 Å². The molecule has 2 aliphatic rings. The van der Waals surface area contributed by atoms with Gasteiger partial charge in [0.2, 0.25) is 11.8 Å². The molecule has 1 aromatic rings. The average Bonchev–Trinajstić information content (AvgIpc) is 2.94. The fraction of sp³-hybridized carbons (Fsp3) is 0.667. The highest BCUT2D eigenvalue weighted by Gasteiger charge is 2.60. The molecule has 0 unspecified atom stereocenters. The molecular weight excluding hydrogens is 561 g/mol. The van der Waals surface area contributed by atoms with E-state index in [4.69, 9.17) is 9.47 Å². The fourth-order valence-corrected chi connectivity index (χ4v) is 6.08. The lowest BCUT2D eigenvalue weighted by Crippen LogP contribution is -2.61. The van der Waals surface area contributed by atoms with Gasteiger partial charge in [-0.25, -0.2) is 0 Å². The van der Waals surface area contributed by atoms with Crippen LogP contribution >= 0.6 is 0 Å². The third-order valence-corrected chi connectivity index (χ3v) is 8.60. The summed E-state index contributed by atoms with van der Waals surface area (Å²) in [5, 5.41) is 2.66. The summed E-state index contributed by atoms with van der Waals surface area (Å²) in [5.74, 6) is -2.08. The summed E-state index contributed by atoms with van der Waals surface area (Å²) in [5.41, 5.74) is -1.50. The summed E-state index contributed by atoms with van der Waals surface area (Å²) >= 11 is 0. The first-order valence-corrected chi connectivity index (χ1v) is 15.4. The molecule has 1 N–H and O–H groups in total. The Morgan fingerprint density at radius 1 is 1.12 bits per heavy atom. The molecule has 0 spiro atoms. The van der Waals surface area contributed by atoms with Gasteiger partial charge in [0, 0.05) is 31.1 Å². The predicted molar refractivity (Wildman–Crippen MR) is 157 cm³/mol. The second-order valence-electron chi connectivity index (χ2n) is 12.9. The Morgan fingerprint density at radius 3 is 2.42 bits per heavy atom. The molecule has 10 heteroatoms. The van der Waals surface area contributed by atoms with E-state index in [1.54, 1.807) is 4.90 Å². The SMILES string of the molecule is CCCCCCCCN1C(=O)[C@@H](CC(=O)NCc2cccc(C(F)(F)F)c2)C[C@@]2(C(=O)OC)C1=C[C@H](C(C)(C)C)O[C@@H]2C. The molecule has 0 saturated carbocycles. The lowest BCUT2D eigenvalue weighted by Gasteiger charge is -2.53. The monoisotopic (exact) mass is 608 g/mol. The number of hydrogen-bond donors (Lipinski definition) is 1. The summed E-state index contributed by atoms with van der Waals surface area (Å²) in [6, 6.07) is 4.75. The first-order chi connectivity index (χ1) is 20.1. The Kier molecular flexibility index (Phi) is 11.5. The van der Waals surface area contributed by atoms with Crippen LogP contribution in [0.1, 0.15) is 97.1 Å². The van der Waals surface area contributed by atoms with Gasteiger partial charge in [0.1, 0.15) is 5.41 Å². The topological polar surface area (TPSA) is 84.9 Å². The van der Waals surface area contributed by atoms with Gasteiger partial charge in [-0.2, -0.15) is 13.2 Å². The van der Waals surface area contributed by atoms with Crippen LogP contribution in [0.25, 0.3) is 0 Å². The highest BCUT2D eigenvalue weighted by Crippen LogP contribution is 2.51. The van der Waals surface area contributed by atoms with Crippen LogP contribution in [-0.2, 0) is 36.6 Å². The quantitative estimate of drug-likeness (QED) is 0.209. The van der Waals surface area contributed by atoms with E-state index in [0.717, 1.165) is 50.7 Å². The molecule has 7 nitrogen and oxygen atoms in total. The molecule has 2 aliphatic heterocycles. The number of alkyl halides is 3. The lowest BCUT2D eigenvalue weighted by molar-refractivity contribution is -0.180. The first kappa shape index (κ1) is 34.6. The van der Waals surface area contributed by atoms with Gasteiger partial charge in [-0.1, -0.05) is 71.9 Å². The maximum absolute atomic E-state index is 14.0. The van der Waals surface area contributed by atoms with Gasteiger partial charge in [0.15, 0.2) is 0 Å². The average molecular weight is 609 g/mol. The van der Waals surface area contributed by atoms with Crippen LogP contribution in [0.5, 0.6) is 0 Å². The molecule has 0 bridgehead atoms. The van der Waals surface area contributed by atoms with Crippen LogP contribution in [0.4, 0.5) is 13.2 Å². The number of unbranched alkanes of at least 4 members (excludes halogenated alkanes) is 5. The van der Waals surface area contributed by atoms with E-state index in [2.05, 4.69) is 12.2 Å². The number of nitrogens with one attached hydrogen (secondary N) is 1. The van der Waals surface area contributed by atoms with Crippen molar-refractivity contribution in [2.24, 2.45) is 16.7 Å². The fourth-order valence-electron chi connectivity index (χ4n) is 6.08. The highest BCUT2D eigenvalue weighted by molar-refractivity contribution is 5.92. The molecule has 43 heavy (non-hydrogen) atoms. The van der Waals surface area contributed by atoms with Gasteiger partial charge in [-0.15, -0.1) is 0 Å². The largest absolute Gasteiger partial charge is 0.468 e. The van der Waals surface area contributed by atoms with Crippen LogP contribution in [0.3, 0.4) is 0 Å². The number of benzene rings is 1. The molecule has 2 heterocycles. The molecule has 1 aromatic carbocycles. The van der Waals surface area contributed by atoms with E-state index in [-0.39, 0.29) is 36.8 Å². The number of fused-ring (bicyclic) bond motifs is 1. The smallest absolute Gasteiger partial charge is 0.416 e. The third-order valence-electron chi connectivity index (χ3n) is 8.60.